The molecule has 0 radical (unpaired) electrons. The average molecular weight is 407 g/mol. The Bertz CT molecular complexity index is 849. The summed E-state index contributed by atoms with van der Waals surface area (Å²) in [5, 5.41) is 5.67. The maximum atomic E-state index is 13.4. The molecule has 1 unspecified atom stereocenters. The zero-order chi connectivity index (χ0) is 20.3. The molecule has 1 aliphatic heterocycles. The van der Waals surface area contributed by atoms with Gasteiger partial charge in [0.2, 0.25) is 5.91 Å². The molecule has 150 valence electrons. The van der Waals surface area contributed by atoms with Gasteiger partial charge in [0, 0.05) is 41.9 Å². The van der Waals surface area contributed by atoms with Gasteiger partial charge in [-0.15, -0.1) is 11.3 Å². The van der Waals surface area contributed by atoms with Gasteiger partial charge < -0.3 is 10.2 Å². The van der Waals surface area contributed by atoms with E-state index in [1.807, 2.05) is 19.2 Å². The number of nitrogens with zero attached hydrogens (tertiary/aromatic N) is 2. The minimum Gasteiger partial charge on any atom is -0.350 e. The summed E-state index contributed by atoms with van der Waals surface area (Å²) < 4.78 is 26.9. The number of rotatable bonds is 5. The van der Waals surface area contributed by atoms with Crippen LogP contribution in [0.4, 0.5) is 8.78 Å². The van der Waals surface area contributed by atoms with Gasteiger partial charge in [-0.2, -0.15) is 0 Å². The number of amides is 2. The van der Waals surface area contributed by atoms with Crippen LogP contribution in [0.1, 0.15) is 53.7 Å². The summed E-state index contributed by atoms with van der Waals surface area (Å²) in [6.07, 6.45) is 1.69. The molecule has 2 heterocycles. The molecule has 1 fully saturated rings. The lowest BCUT2D eigenvalue weighted by Gasteiger charge is -2.32. The van der Waals surface area contributed by atoms with Crippen LogP contribution in [-0.2, 0) is 11.3 Å². The Kier molecular flexibility index (Phi) is 6.39. The first kappa shape index (κ1) is 20.4. The fourth-order valence-electron chi connectivity index (χ4n) is 3.20. The van der Waals surface area contributed by atoms with Crippen LogP contribution in [0.3, 0.4) is 0 Å². The van der Waals surface area contributed by atoms with Crippen LogP contribution in [0, 0.1) is 17.6 Å². The molecule has 2 aromatic rings. The summed E-state index contributed by atoms with van der Waals surface area (Å²) in [4.78, 5) is 30.6. The Balaban J connectivity index is 1.65. The molecule has 1 saturated heterocycles. The van der Waals surface area contributed by atoms with Crippen molar-refractivity contribution in [1.29, 1.82) is 0 Å². The van der Waals surface area contributed by atoms with Crippen LogP contribution in [0.2, 0.25) is 0 Å². The van der Waals surface area contributed by atoms with E-state index in [1.165, 1.54) is 11.3 Å². The molecule has 1 aromatic carbocycles. The van der Waals surface area contributed by atoms with E-state index in [0.717, 1.165) is 41.7 Å². The van der Waals surface area contributed by atoms with E-state index < -0.39 is 11.6 Å². The summed E-state index contributed by atoms with van der Waals surface area (Å²) in [6, 6.07) is 2.88. The van der Waals surface area contributed by atoms with Crippen molar-refractivity contribution in [2.45, 2.75) is 39.2 Å². The first-order valence-electron chi connectivity index (χ1n) is 9.31. The van der Waals surface area contributed by atoms with Crippen LogP contribution in [0.25, 0.3) is 0 Å². The third-order valence-electron chi connectivity index (χ3n) is 4.70. The molecule has 0 spiro atoms. The molecule has 0 bridgehead atoms. The lowest BCUT2D eigenvalue weighted by Crippen LogP contribution is -2.39. The molecular weight excluding hydrogens is 384 g/mol. The summed E-state index contributed by atoms with van der Waals surface area (Å²) >= 11 is 1.51. The Labute approximate surface area is 166 Å². The molecular formula is C20H23F2N3O2S. The summed E-state index contributed by atoms with van der Waals surface area (Å²) in [5.41, 5.74) is 0.819. The Morgan fingerprint density at radius 3 is 2.68 bits per heavy atom. The van der Waals surface area contributed by atoms with Gasteiger partial charge in [-0.25, -0.2) is 13.8 Å². The number of hydrogen-bond acceptors (Lipinski definition) is 4. The monoisotopic (exact) mass is 407 g/mol. The Morgan fingerprint density at radius 2 is 2.00 bits per heavy atom. The first-order valence-corrected chi connectivity index (χ1v) is 10.2. The molecule has 1 aliphatic rings. The summed E-state index contributed by atoms with van der Waals surface area (Å²) in [6.45, 7) is 5.06. The number of hydrogen-bond donors (Lipinski definition) is 1. The number of carbonyl (C=O) groups is 2. The van der Waals surface area contributed by atoms with Crippen molar-refractivity contribution in [2.75, 3.05) is 13.1 Å². The second-order valence-electron chi connectivity index (χ2n) is 7.30. The highest BCUT2D eigenvalue weighted by Crippen LogP contribution is 2.30. The molecule has 28 heavy (non-hydrogen) atoms. The lowest BCUT2D eigenvalue weighted by molar-refractivity contribution is -0.124. The number of piperidine rings is 1. The number of carbonyl (C=O) groups excluding carboxylic acids is 2. The van der Waals surface area contributed by atoms with Crippen LogP contribution in [0.15, 0.2) is 23.6 Å². The van der Waals surface area contributed by atoms with E-state index in [-0.39, 0.29) is 29.2 Å². The second-order valence-corrected chi connectivity index (χ2v) is 8.19. The molecule has 1 aromatic heterocycles. The van der Waals surface area contributed by atoms with Gasteiger partial charge in [0.1, 0.15) is 11.6 Å². The van der Waals surface area contributed by atoms with Gasteiger partial charge in [0.25, 0.3) is 5.91 Å². The van der Waals surface area contributed by atoms with Crippen molar-refractivity contribution >= 4 is 23.2 Å². The van der Waals surface area contributed by atoms with E-state index in [1.54, 1.807) is 4.90 Å². The minimum atomic E-state index is -0.759. The third-order valence-corrected chi connectivity index (χ3v) is 5.76. The molecule has 1 atom stereocenters. The fraction of sp³-hybridized carbons (Fsp3) is 0.450. The number of benzene rings is 1. The van der Waals surface area contributed by atoms with Crippen LogP contribution < -0.4 is 5.32 Å². The largest absolute Gasteiger partial charge is 0.350 e. The topological polar surface area (TPSA) is 62.3 Å². The van der Waals surface area contributed by atoms with Gasteiger partial charge in [-0.3, -0.25) is 9.59 Å². The highest BCUT2D eigenvalue weighted by atomic mass is 32.1. The maximum absolute atomic E-state index is 13.4. The van der Waals surface area contributed by atoms with Crippen LogP contribution >= 0.6 is 11.3 Å². The van der Waals surface area contributed by atoms with E-state index >= 15 is 0 Å². The number of aromatic nitrogens is 1. The molecule has 5 nitrogen and oxygen atoms in total. The van der Waals surface area contributed by atoms with Gasteiger partial charge in [0.15, 0.2) is 0 Å². The van der Waals surface area contributed by atoms with E-state index in [9.17, 15) is 18.4 Å². The molecule has 0 aliphatic carbocycles. The van der Waals surface area contributed by atoms with Gasteiger partial charge in [-0.1, -0.05) is 13.8 Å². The quantitative estimate of drug-likeness (QED) is 0.822. The third kappa shape index (κ3) is 4.92. The van der Waals surface area contributed by atoms with Crippen LogP contribution in [-0.4, -0.2) is 34.8 Å². The van der Waals surface area contributed by atoms with E-state index in [0.29, 0.717) is 19.6 Å². The van der Waals surface area contributed by atoms with Crippen molar-refractivity contribution in [3.05, 3.63) is 51.5 Å². The number of thiazole rings is 1. The minimum absolute atomic E-state index is 0.0219. The highest BCUT2D eigenvalue weighted by molar-refractivity contribution is 7.09. The predicted molar refractivity (Wildman–Crippen MR) is 103 cm³/mol. The van der Waals surface area contributed by atoms with E-state index in [4.69, 9.17) is 0 Å². The van der Waals surface area contributed by atoms with Gasteiger partial charge >= 0.3 is 0 Å². The van der Waals surface area contributed by atoms with Gasteiger partial charge in [0.05, 0.1) is 17.2 Å². The highest BCUT2D eigenvalue weighted by Gasteiger charge is 2.27. The number of nitrogens with one attached hydrogen (secondary N) is 1. The van der Waals surface area contributed by atoms with Crippen molar-refractivity contribution < 1.29 is 18.4 Å². The Hall–Kier alpha value is -2.35. The Morgan fingerprint density at radius 1 is 1.29 bits per heavy atom. The molecule has 0 saturated carbocycles. The SMILES string of the molecule is CC(C)C(=O)NCc1csc(C2CCCN(C(=O)c3cc(F)cc(F)c3)C2)n1. The normalized spacial score (nSPS) is 17.0. The second kappa shape index (κ2) is 8.77. The molecule has 8 heteroatoms. The molecule has 1 N–H and O–H groups in total. The summed E-state index contributed by atoms with van der Waals surface area (Å²) in [7, 11) is 0. The zero-order valence-corrected chi connectivity index (χ0v) is 16.7. The zero-order valence-electron chi connectivity index (χ0n) is 15.9. The van der Waals surface area contributed by atoms with Crippen molar-refractivity contribution in [3.63, 3.8) is 0 Å². The average Bonchev–Trinajstić information content (AvgIpc) is 3.13. The summed E-state index contributed by atoms with van der Waals surface area (Å²) in [5.74, 6) is -1.91. The number of halogens is 2. The lowest BCUT2D eigenvalue weighted by atomic mass is 9.98. The number of likely N-dealkylation sites (tertiary alicyclic amines) is 1. The predicted octanol–water partition coefficient (Wildman–Crippen LogP) is 3.71. The van der Waals surface area contributed by atoms with Crippen molar-refractivity contribution in [3.8, 4) is 0 Å². The first-order chi connectivity index (χ1) is 13.3. The van der Waals surface area contributed by atoms with E-state index in [2.05, 4.69) is 10.3 Å². The smallest absolute Gasteiger partial charge is 0.254 e. The molecule has 2 amide bonds. The fourth-order valence-corrected chi connectivity index (χ4v) is 4.14. The standard InChI is InChI=1S/C20H23F2N3O2S/c1-12(2)18(26)23-9-17-11-28-19(24-17)13-4-3-5-25(10-13)20(27)14-6-15(21)8-16(22)7-14/h6-8,11-13H,3-5,9-10H2,1-2H3,(H,23,26). The maximum Gasteiger partial charge on any atom is 0.254 e. The van der Waals surface area contributed by atoms with Crippen molar-refractivity contribution in [1.82, 2.24) is 15.2 Å². The van der Waals surface area contributed by atoms with Crippen molar-refractivity contribution in [2.24, 2.45) is 5.92 Å². The molecule has 3 rings (SSSR count). The van der Waals surface area contributed by atoms with Gasteiger partial charge in [-0.05, 0) is 25.0 Å². The van der Waals surface area contributed by atoms with Crippen LogP contribution in [0.5, 0.6) is 0 Å².